The highest BCUT2D eigenvalue weighted by Crippen LogP contribution is 2.33. The van der Waals surface area contributed by atoms with Gasteiger partial charge in [0.2, 0.25) is 0 Å². The van der Waals surface area contributed by atoms with Crippen molar-refractivity contribution in [2.24, 2.45) is 0 Å². The van der Waals surface area contributed by atoms with Crippen LogP contribution < -0.4 is 5.73 Å². The molecule has 3 nitrogen and oxygen atoms in total. The summed E-state index contributed by atoms with van der Waals surface area (Å²) in [6.07, 6.45) is 6.78. The molecule has 1 fully saturated rings. The van der Waals surface area contributed by atoms with E-state index in [1.54, 1.807) is 4.68 Å². The van der Waals surface area contributed by atoms with Crippen molar-refractivity contribution in [3.05, 3.63) is 66.2 Å². The molecule has 2 N–H and O–H groups in total. The molecular weight excluding hydrogens is 294 g/mol. The first-order valence-corrected chi connectivity index (χ1v) is 8.82. The zero-order valence-electron chi connectivity index (χ0n) is 13.9. The van der Waals surface area contributed by atoms with Crippen molar-refractivity contribution in [1.29, 1.82) is 0 Å². The molecule has 3 heteroatoms. The number of aromatic nitrogens is 2. The summed E-state index contributed by atoms with van der Waals surface area (Å²) in [5, 5.41) is 4.68. The van der Waals surface area contributed by atoms with Gasteiger partial charge >= 0.3 is 0 Å². The Hall–Kier alpha value is -2.55. The van der Waals surface area contributed by atoms with Crippen molar-refractivity contribution in [2.75, 3.05) is 5.73 Å². The maximum Gasteiger partial charge on any atom is 0.127 e. The third-order valence-corrected chi connectivity index (χ3v) is 5.02. The Bertz CT molecular complexity index is 797. The summed E-state index contributed by atoms with van der Waals surface area (Å²) in [4.78, 5) is 0. The average molecular weight is 317 g/mol. The summed E-state index contributed by atoms with van der Waals surface area (Å²) in [7, 11) is 0. The van der Waals surface area contributed by atoms with E-state index in [9.17, 15) is 0 Å². The Balaban J connectivity index is 1.60. The van der Waals surface area contributed by atoms with E-state index in [-0.39, 0.29) is 0 Å². The number of hydrogen-bond acceptors (Lipinski definition) is 2. The molecule has 3 aromatic rings. The molecule has 24 heavy (non-hydrogen) atoms. The predicted octanol–water partition coefficient (Wildman–Crippen LogP) is 5.17. The smallest absolute Gasteiger partial charge is 0.127 e. The van der Waals surface area contributed by atoms with Gasteiger partial charge in [-0.25, -0.2) is 4.68 Å². The summed E-state index contributed by atoms with van der Waals surface area (Å²) in [6, 6.07) is 20.9. The number of anilines is 1. The van der Waals surface area contributed by atoms with Crippen molar-refractivity contribution in [1.82, 2.24) is 9.78 Å². The quantitative estimate of drug-likeness (QED) is 0.724. The lowest BCUT2D eigenvalue weighted by molar-refractivity contribution is 0.443. The first-order valence-electron chi connectivity index (χ1n) is 8.82. The zero-order chi connectivity index (χ0) is 16.4. The maximum atomic E-state index is 6.16. The summed E-state index contributed by atoms with van der Waals surface area (Å²) in [6.45, 7) is 0. The molecule has 1 aliphatic carbocycles. The minimum absolute atomic E-state index is 0.660. The fourth-order valence-corrected chi connectivity index (χ4v) is 3.67. The highest BCUT2D eigenvalue weighted by atomic mass is 15.3. The second-order valence-electron chi connectivity index (χ2n) is 6.66. The standard InChI is InChI=1S/C21H23N3/c22-21-15-20(23-24(21)19-9-5-2-6-10-19)18-13-11-17(12-14-18)16-7-3-1-4-8-16/h2,5-6,9-16H,1,3-4,7-8,22H2. The fourth-order valence-electron chi connectivity index (χ4n) is 3.67. The molecule has 1 saturated carbocycles. The molecule has 0 aliphatic heterocycles. The van der Waals surface area contributed by atoms with Crippen LogP contribution in [0.15, 0.2) is 60.7 Å². The number of hydrogen-bond donors (Lipinski definition) is 1. The third kappa shape index (κ3) is 2.94. The fraction of sp³-hybridized carbons (Fsp3) is 0.286. The summed E-state index contributed by atoms with van der Waals surface area (Å²) >= 11 is 0. The molecule has 122 valence electrons. The highest BCUT2D eigenvalue weighted by Gasteiger charge is 2.16. The van der Waals surface area contributed by atoms with Crippen LogP contribution in [0.25, 0.3) is 16.9 Å². The topological polar surface area (TPSA) is 43.8 Å². The minimum Gasteiger partial charge on any atom is -0.384 e. The van der Waals surface area contributed by atoms with E-state index in [1.807, 2.05) is 36.4 Å². The lowest BCUT2D eigenvalue weighted by Gasteiger charge is -2.22. The molecule has 0 spiro atoms. The van der Waals surface area contributed by atoms with Gasteiger partial charge in [0.05, 0.1) is 11.4 Å². The first-order chi connectivity index (χ1) is 11.8. The molecule has 1 aromatic heterocycles. The van der Waals surface area contributed by atoms with Crippen LogP contribution in [0.4, 0.5) is 5.82 Å². The van der Waals surface area contributed by atoms with E-state index in [1.165, 1.54) is 37.7 Å². The van der Waals surface area contributed by atoms with Crippen molar-refractivity contribution >= 4 is 5.82 Å². The number of nitrogens with zero attached hydrogens (tertiary/aromatic N) is 2. The molecule has 0 saturated heterocycles. The van der Waals surface area contributed by atoms with Crippen molar-refractivity contribution in [3.8, 4) is 16.9 Å². The lowest BCUT2D eigenvalue weighted by atomic mass is 9.84. The second-order valence-corrected chi connectivity index (χ2v) is 6.66. The van der Waals surface area contributed by atoms with Gasteiger partial charge in [0.25, 0.3) is 0 Å². The minimum atomic E-state index is 0.660. The molecule has 0 atom stereocenters. The Morgan fingerprint density at radius 2 is 1.58 bits per heavy atom. The molecular formula is C21H23N3. The summed E-state index contributed by atoms with van der Waals surface area (Å²) in [5.74, 6) is 1.40. The molecule has 1 heterocycles. The van der Waals surface area contributed by atoms with E-state index >= 15 is 0 Å². The van der Waals surface area contributed by atoms with E-state index in [4.69, 9.17) is 5.73 Å². The van der Waals surface area contributed by atoms with Crippen molar-refractivity contribution in [3.63, 3.8) is 0 Å². The molecule has 4 rings (SSSR count). The van der Waals surface area contributed by atoms with Crippen molar-refractivity contribution < 1.29 is 0 Å². The van der Waals surface area contributed by atoms with Crippen LogP contribution in [-0.2, 0) is 0 Å². The molecule has 0 amide bonds. The van der Waals surface area contributed by atoms with Gasteiger partial charge in [-0.2, -0.15) is 5.10 Å². The van der Waals surface area contributed by atoms with Crippen LogP contribution >= 0.6 is 0 Å². The van der Waals surface area contributed by atoms with Crippen LogP contribution in [0.5, 0.6) is 0 Å². The first kappa shape index (κ1) is 15.0. The number of rotatable bonds is 3. The van der Waals surface area contributed by atoms with E-state index in [0.717, 1.165) is 22.9 Å². The highest BCUT2D eigenvalue weighted by molar-refractivity contribution is 5.64. The van der Waals surface area contributed by atoms with Gasteiger partial charge in [-0.15, -0.1) is 0 Å². The van der Waals surface area contributed by atoms with Crippen LogP contribution in [0.1, 0.15) is 43.6 Å². The van der Waals surface area contributed by atoms with Crippen LogP contribution in [-0.4, -0.2) is 9.78 Å². The Kier molecular flexibility index (Phi) is 4.08. The van der Waals surface area contributed by atoms with Gasteiger partial charge in [0, 0.05) is 11.6 Å². The monoisotopic (exact) mass is 317 g/mol. The predicted molar refractivity (Wildman–Crippen MR) is 99.2 cm³/mol. The van der Waals surface area contributed by atoms with Crippen LogP contribution in [0.3, 0.4) is 0 Å². The van der Waals surface area contributed by atoms with Gasteiger partial charge in [0.15, 0.2) is 0 Å². The lowest BCUT2D eigenvalue weighted by Crippen LogP contribution is -2.04. The van der Waals surface area contributed by atoms with Crippen molar-refractivity contribution in [2.45, 2.75) is 38.0 Å². The molecule has 2 aromatic carbocycles. The number of nitrogens with two attached hydrogens (primary N) is 1. The van der Waals surface area contributed by atoms with Gasteiger partial charge in [-0.3, -0.25) is 0 Å². The molecule has 0 unspecified atom stereocenters. The Labute approximate surface area is 143 Å². The Morgan fingerprint density at radius 3 is 2.29 bits per heavy atom. The number of nitrogen functional groups attached to an aromatic ring is 1. The van der Waals surface area contributed by atoms with E-state index < -0.39 is 0 Å². The number of benzene rings is 2. The maximum absolute atomic E-state index is 6.16. The molecule has 0 radical (unpaired) electrons. The van der Waals surface area contributed by atoms with Gasteiger partial charge < -0.3 is 5.73 Å². The Morgan fingerprint density at radius 1 is 0.875 bits per heavy atom. The molecule has 1 aliphatic rings. The van der Waals surface area contributed by atoms with Gasteiger partial charge in [-0.1, -0.05) is 61.7 Å². The van der Waals surface area contributed by atoms with Crippen LogP contribution in [0.2, 0.25) is 0 Å². The second kappa shape index (κ2) is 6.52. The van der Waals surface area contributed by atoms with Crippen LogP contribution in [0, 0.1) is 0 Å². The summed E-state index contributed by atoms with van der Waals surface area (Å²) in [5.41, 5.74) is 10.7. The van der Waals surface area contributed by atoms with Gasteiger partial charge in [0.1, 0.15) is 5.82 Å². The van der Waals surface area contributed by atoms with Gasteiger partial charge in [-0.05, 0) is 36.5 Å². The normalized spacial score (nSPS) is 15.5. The van der Waals surface area contributed by atoms with E-state index in [2.05, 4.69) is 29.4 Å². The average Bonchev–Trinajstić information content (AvgIpc) is 3.05. The zero-order valence-corrected chi connectivity index (χ0v) is 13.9. The largest absolute Gasteiger partial charge is 0.384 e. The van der Waals surface area contributed by atoms with E-state index in [0.29, 0.717) is 5.82 Å². The summed E-state index contributed by atoms with van der Waals surface area (Å²) < 4.78 is 1.80. The number of para-hydroxylation sites is 1. The third-order valence-electron chi connectivity index (χ3n) is 5.02. The molecule has 0 bridgehead atoms. The SMILES string of the molecule is Nc1cc(-c2ccc(C3CCCCC3)cc2)nn1-c1ccccc1.